The number of anilines is 1. The van der Waals surface area contributed by atoms with Crippen LogP contribution in [0.1, 0.15) is 44.6 Å². The van der Waals surface area contributed by atoms with Gasteiger partial charge < -0.3 is 5.32 Å². The fraction of sp³-hybridized carbons (Fsp3) is 0.533. The van der Waals surface area contributed by atoms with Crippen LogP contribution in [0.2, 0.25) is 0 Å². The Balaban J connectivity index is 2.07. The van der Waals surface area contributed by atoms with Crippen LogP contribution in [0.3, 0.4) is 0 Å². The summed E-state index contributed by atoms with van der Waals surface area (Å²) in [6.45, 7) is 2.27. The van der Waals surface area contributed by atoms with Gasteiger partial charge in [0.2, 0.25) is 0 Å². The lowest BCUT2D eigenvalue weighted by Gasteiger charge is -2.30. The summed E-state index contributed by atoms with van der Waals surface area (Å²) in [5.41, 5.74) is 1.70. The van der Waals surface area contributed by atoms with E-state index in [9.17, 15) is 0 Å². The van der Waals surface area contributed by atoms with Crippen LogP contribution in [0.4, 0.5) is 5.69 Å². The molecule has 0 bridgehead atoms. The van der Waals surface area contributed by atoms with E-state index in [1.165, 1.54) is 32.1 Å². The lowest BCUT2D eigenvalue weighted by atomic mass is 9.84. The minimum Gasteiger partial charge on any atom is -0.381 e. The summed E-state index contributed by atoms with van der Waals surface area (Å²) < 4.78 is 0.958. The number of halogens is 1. The van der Waals surface area contributed by atoms with E-state index in [4.69, 9.17) is 5.26 Å². The second kappa shape index (κ2) is 6.24. The molecule has 0 aromatic heterocycles. The summed E-state index contributed by atoms with van der Waals surface area (Å²) in [6, 6.07) is 8.65. The van der Waals surface area contributed by atoms with E-state index in [2.05, 4.69) is 34.2 Å². The van der Waals surface area contributed by atoms with Crippen LogP contribution in [-0.4, -0.2) is 6.04 Å². The van der Waals surface area contributed by atoms with Gasteiger partial charge in [0, 0.05) is 10.5 Å². The molecule has 96 valence electrons. The van der Waals surface area contributed by atoms with Gasteiger partial charge in [0.15, 0.2) is 0 Å². The molecule has 3 heteroatoms. The van der Waals surface area contributed by atoms with E-state index in [1.54, 1.807) is 0 Å². The molecule has 2 rings (SSSR count). The third kappa shape index (κ3) is 3.26. The summed E-state index contributed by atoms with van der Waals surface area (Å²) >= 11 is 3.40. The summed E-state index contributed by atoms with van der Waals surface area (Å²) in [5.74, 6) is 0.845. The highest BCUT2D eigenvalue weighted by atomic mass is 79.9. The molecule has 1 saturated carbocycles. The molecule has 1 aromatic carbocycles. The van der Waals surface area contributed by atoms with Crippen LogP contribution in [0.25, 0.3) is 0 Å². The average Bonchev–Trinajstić information content (AvgIpc) is 2.41. The zero-order chi connectivity index (χ0) is 13.0. The van der Waals surface area contributed by atoms with Gasteiger partial charge in [-0.05, 0) is 37.0 Å². The first-order chi connectivity index (χ1) is 8.72. The van der Waals surface area contributed by atoms with Crippen LogP contribution in [0.5, 0.6) is 0 Å². The molecule has 1 N–H and O–H groups in total. The molecule has 2 unspecified atom stereocenters. The van der Waals surface area contributed by atoms with E-state index >= 15 is 0 Å². The highest BCUT2D eigenvalue weighted by Gasteiger charge is 2.21. The largest absolute Gasteiger partial charge is 0.381 e. The molecule has 1 fully saturated rings. The minimum absolute atomic E-state index is 0.525. The fourth-order valence-electron chi connectivity index (χ4n) is 2.75. The van der Waals surface area contributed by atoms with E-state index in [-0.39, 0.29) is 0 Å². The first kappa shape index (κ1) is 13.4. The molecule has 0 aliphatic heterocycles. The predicted molar refractivity (Wildman–Crippen MR) is 78.5 cm³/mol. The summed E-state index contributed by atoms with van der Waals surface area (Å²) in [5, 5.41) is 12.7. The molecule has 1 aliphatic rings. The smallest absolute Gasteiger partial charge is 0.101 e. The lowest BCUT2D eigenvalue weighted by molar-refractivity contribution is 0.327. The zero-order valence-electron chi connectivity index (χ0n) is 10.7. The molecule has 0 amide bonds. The third-order valence-corrected chi connectivity index (χ3v) is 4.32. The van der Waals surface area contributed by atoms with Gasteiger partial charge in [-0.15, -0.1) is 0 Å². The van der Waals surface area contributed by atoms with Crippen LogP contribution in [-0.2, 0) is 0 Å². The second-order valence-corrected chi connectivity index (χ2v) is 6.00. The van der Waals surface area contributed by atoms with Crippen molar-refractivity contribution in [3.8, 4) is 6.07 Å². The maximum Gasteiger partial charge on any atom is 0.101 e. The van der Waals surface area contributed by atoms with Gasteiger partial charge in [0.05, 0.1) is 11.3 Å². The molecule has 18 heavy (non-hydrogen) atoms. The number of hydrogen-bond acceptors (Lipinski definition) is 2. The van der Waals surface area contributed by atoms with Crippen molar-refractivity contribution in [3.63, 3.8) is 0 Å². The summed E-state index contributed by atoms with van der Waals surface area (Å²) in [4.78, 5) is 0. The highest BCUT2D eigenvalue weighted by Crippen LogP contribution is 2.30. The monoisotopic (exact) mass is 306 g/mol. The topological polar surface area (TPSA) is 35.8 Å². The molecule has 0 radical (unpaired) electrons. The Morgan fingerprint density at radius 1 is 1.44 bits per heavy atom. The highest BCUT2D eigenvalue weighted by molar-refractivity contribution is 9.10. The van der Waals surface area contributed by atoms with Crippen molar-refractivity contribution in [1.29, 1.82) is 5.26 Å². The average molecular weight is 307 g/mol. The SMILES string of the molecule is CCC1CCCC(Nc2ccc(Br)cc2C#N)C1. The number of nitriles is 1. The normalized spacial score (nSPS) is 23.4. The first-order valence-electron chi connectivity index (χ1n) is 6.69. The van der Waals surface area contributed by atoms with Gasteiger partial charge in [0.1, 0.15) is 6.07 Å². The van der Waals surface area contributed by atoms with Crippen LogP contribution in [0.15, 0.2) is 22.7 Å². The molecule has 0 spiro atoms. The molecular weight excluding hydrogens is 288 g/mol. The van der Waals surface area contributed by atoms with Gasteiger partial charge in [-0.3, -0.25) is 0 Å². The van der Waals surface area contributed by atoms with Crippen LogP contribution >= 0.6 is 15.9 Å². The van der Waals surface area contributed by atoms with Crippen molar-refractivity contribution in [2.24, 2.45) is 5.92 Å². The third-order valence-electron chi connectivity index (χ3n) is 3.82. The Morgan fingerprint density at radius 3 is 3.00 bits per heavy atom. The Kier molecular flexibility index (Phi) is 4.66. The van der Waals surface area contributed by atoms with E-state index < -0.39 is 0 Å². The molecule has 0 saturated heterocycles. The number of nitrogens with zero attached hydrogens (tertiary/aromatic N) is 1. The van der Waals surface area contributed by atoms with Gasteiger partial charge in [-0.25, -0.2) is 0 Å². The lowest BCUT2D eigenvalue weighted by Crippen LogP contribution is -2.27. The molecule has 0 heterocycles. The summed E-state index contributed by atoms with van der Waals surface area (Å²) in [6.07, 6.45) is 6.38. The number of rotatable bonds is 3. The van der Waals surface area contributed by atoms with E-state index in [0.717, 1.165) is 21.6 Å². The van der Waals surface area contributed by atoms with Crippen molar-refractivity contribution in [2.75, 3.05) is 5.32 Å². The van der Waals surface area contributed by atoms with Gasteiger partial charge in [-0.2, -0.15) is 5.26 Å². The minimum atomic E-state index is 0.525. The zero-order valence-corrected chi connectivity index (χ0v) is 12.3. The molecule has 2 nitrogen and oxygen atoms in total. The van der Waals surface area contributed by atoms with Crippen LogP contribution < -0.4 is 5.32 Å². The Bertz CT molecular complexity index is 450. The van der Waals surface area contributed by atoms with E-state index in [1.807, 2.05) is 18.2 Å². The number of benzene rings is 1. The summed E-state index contributed by atoms with van der Waals surface area (Å²) in [7, 11) is 0. The van der Waals surface area contributed by atoms with Gasteiger partial charge in [0.25, 0.3) is 0 Å². The van der Waals surface area contributed by atoms with Crippen molar-refractivity contribution >= 4 is 21.6 Å². The second-order valence-electron chi connectivity index (χ2n) is 5.08. The maximum absolute atomic E-state index is 9.16. The van der Waals surface area contributed by atoms with Crippen molar-refractivity contribution in [2.45, 2.75) is 45.1 Å². The number of nitrogens with one attached hydrogen (secondary N) is 1. The molecule has 2 atom stereocenters. The number of hydrogen-bond donors (Lipinski definition) is 1. The fourth-order valence-corrected chi connectivity index (χ4v) is 3.11. The molecule has 1 aromatic rings. The molecule has 1 aliphatic carbocycles. The van der Waals surface area contributed by atoms with Crippen molar-refractivity contribution < 1.29 is 0 Å². The Morgan fingerprint density at radius 2 is 2.28 bits per heavy atom. The van der Waals surface area contributed by atoms with Crippen molar-refractivity contribution in [1.82, 2.24) is 0 Å². The molecular formula is C15H19BrN2. The quantitative estimate of drug-likeness (QED) is 0.878. The standard InChI is InChI=1S/C15H19BrN2/c1-2-11-4-3-5-14(8-11)18-15-7-6-13(16)9-12(15)10-17/h6-7,9,11,14,18H,2-5,8H2,1H3. The predicted octanol–water partition coefficient (Wildman–Crippen LogP) is 4.70. The Labute approximate surface area is 118 Å². The van der Waals surface area contributed by atoms with E-state index in [0.29, 0.717) is 6.04 Å². The van der Waals surface area contributed by atoms with Crippen molar-refractivity contribution in [3.05, 3.63) is 28.2 Å². The van der Waals surface area contributed by atoms with Crippen LogP contribution in [0, 0.1) is 17.2 Å². The van der Waals surface area contributed by atoms with Gasteiger partial charge >= 0.3 is 0 Å². The maximum atomic E-state index is 9.16. The first-order valence-corrected chi connectivity index (χ1v) is 7.48. The van der Waals surface area contributed by atoms with Gasteiger partial charge in [-0.1, -0.05) is 42.1 Å². The Hall–Kier alpha value is -1.01.